The van der Waals surface area contributed by atoms with Crippen molar-refractivity contribution in [2.24, 2.45) is 0 Å². The number of hydrogen-bond acceptors (Lipinski definition) is 2. The summed E-state index contributed by atoms with van der Waals surface area (Å²) < 4.78 is 0. The van der Waals surface area contributed by atoms with Crippen LogP contribution >= 0.6 is 15.9 Å². The summed E-state index contributed by atoms with van der Waals surface area (Å²) in [6.45, 7) is 3.91. The van der Waals surface area contributed by atoms with Gasteiger partial charge in [-0.3, -0.25) is 4.79 Å². The molecular formula is C14H16BrNO. The number of nitrogens with zero attached hydrogens (tertiary/aromatic N) is 1. The number of Topliss-reactive ketones (excluding diaryl/α,β-unsaturated/α-hetero) is 1. The van der Waals surface area contributed by atoms with Crippen LogP contribution in [0.4, 0.5) is 0 Å². The minimum absolute atomic E-state index is 0.184. The van der Waals surface area contributed by atoms with Gasteiger partial charge in [0.05, 0.1) is 16.5 Å². The van der Waals surface area contributed by atoms with Crippen molar-refractivity contribution in [1.82, 2.24) is 0 Å². The lowest BCUT2D eigenvalue weighted by atomic mass is 9.97. The molecule has 0 aliphatic carbocycles. The van der Waals surface area contributed by atoms with Crippen LogP contribution in [0.15, 0.2) is 18.2 Å². The first-order chi connectivity index (χ1) is 8.10. The van der Waals surface area contributed by atoms with Crippen molar-refractivity contribution in [2.75, 3.05) is 0 Å². The fourth-order valence-electron chi connectivity index (χ4n) is 1.77. The number of halogens is 1. The van der Waals surface area contributed by atoms with Crippen LogP contribution in [-0.4, -0.2) is 10.6 Å². The van der Waals surface area contributed by atoms with Crippen LogP contribution in [0.1, 0.15) is 36.5 Å². The van der Waals surface area contributed by atoms with Gasteiger partial charge in [-0.25, -0.2) is 0 Å². The molecule has 0 saturated heterocycles. The fraction of sp³-hybridized carbons (Fsp3) is 0.429. The van der Waals surface area contributed by atoms with Gasteiger partial charge in [-0.2, -0.15) is 5.26 Å². The molecule has 1 aromatic rings. The van der Waals surface area contributed by atoms with Gasteiger partial charge in [0.1, 0.15) is 5.78 Å². The molecule has 0 fully saturated rings. The smallest absolute Gasteiger partial charge is 0.146 e. The van der Waals surface area contributed by atoms with Crippen LogP contribution in [-0.2, 0) is 11.2 Å². The summed E-state index contributed by atoms with van der Waals surface area (Å²) in [5.74, 6) is 0.206. The SMILES string of the molecule is CCCC(=O)C(Br)Cc1cccc(C)c1C#N. The molecule has 0 aliphatic rings. The predicted octanol–water partition coefficient (Wildman–Crippen LogP) is 3.54. The summed E-state index contributed by atoms with van der Waals surface area (Å²) in [6.07, 6.45) is 2.03. The Bertz CT molecular complexity index is 448. The fourth-order valence-corrected chi connectivity index (χ4v) is 2.35. The Balaban J connectivity index is 2.86. The highest BCUT2D eigenvalue weighted by molar-refractivity contribution is 9.10. The maximum atomic E-state index is 11.7. The highest BCUT2D eigenvalue weighted by atomic mass is 79.9. The number of alkyl halides is 1. The largest absolute Gasteiger partial charge is 0.298 e. The van der Waals surface area contributed by atoms with E-state index in [2.05, 4.69) is 22.0 Å². The van der Waals surface area contributed by atoms with E-state index in [9.17, 15) is 4.79 Å². The second-order valence-corrected chi connectivity index (χ2v) is 5.21. The maximum absolute atomic E-state index is 11.7. The summed E-state index contributed by atoms with van der Waals surface area (Å²) in [4.78, 5) is 11.5. The normalized spacial score (nSPS) is 11.9. The molecule has 0 aliphatic heterocycles. The molecule has 90 valence electrons. The van der Waals surface area contributed by atoms with Crippen LogP contribution in [0, 0.1) is 18.3 Å². The molecule has 0 aromatic heterocycles. The van der Waals surface area contributed by atoms with E-state index in [1.54, 1.807) is 0 Å². The van der Waals surface area contributed by atoms with Crippen molar-refractivity contribution in [1.29, 1.82) is 5.26 Å². The molecule has 1 atom stereocenters. The zero-order valence-electron chi connectivity index (χ0n) is 10.2. The molecule has 1 unspecified atom stereocenters. The molecule has 0 N–H and O–H groups in total. The number of rotatable bonds is 5. The Morgan fingerprint density at radius 2 is 2.24 bits per heavy atom. The average molecular weight is 294 g/mol. The Morgan fingerprint density at radius 3 is 2.82 bits per heavy atom. The number of nitriles is 1. The quantitative estimate of drug-likeness (QED) is 0.779. The Kier molecular flexibility index (Phi) is 5.37. The van der Waals surface area contributed by atoms with E-state index in [4.69, 9.17) is 5.26 Å². The first-order valence-electron chi connectivity index (χ1n) is 5.75. The Labute approximate surface area is 111 Å². The van der Waals surface area contributed by atoms with Crippen LogP contribution in [0.5, 0.6) is 0 Å². The topological polar surface area (TPSA) is 40.9 Å². The van der Waals surface area contributed by atoms with E-state index in [1.165, 1.54) is 0 Å². The second-order valence-electron chi connectivity index (χ2n) is 4.11. The van der Waals surface area contributed by atoms with Gasteiger partial charge < -0.3 is 0 Å². The second kappa shape index (κ2) is 6.56. The van der Waals surface area contributed by atoms with Crippen LogP contribution < -0.4 is 0 Å². The molecule has 0 heterocycles. The van der Waals surface area contributed by atoms with Gasteiger partial charge in [-0.05, 0) is 30.9 Å². The van der Waals surface area contributed by atoms with Crippen molar-refractivity contribution in [2.45, 2.75) is 37.9 Å². The predicted molar refractivity (Wildman–Crippen MR) is 72.2 cm³/mol. The van der Waals surface area contributed by atoms with Gasteiger partial charge >= 0.3 is 0 Å². The lowest BCUT2D eigenvalue weighted by Gasteiger charge is -2.10. The standard InChI is InChI=1S/C14H16BrNO/c1-3-5-14(17)13(15)8-11-7-4-6-10(2)12(11)9-16/h4,6-7,13H,3,5,8H2,1-2H3. The third-order valence-corrected chi connectivity index (χ3v) is 3.55. The summed E-state index contributed by atoms with van der Waals surface area (Å²) in [6, 6.07) is 7.97. The molecule has 1 aromatic carbocycles. The minimum Gasteiger partial charge on any atom is -0.298 e. The zero-order valence-corrected chi connectivity index (χ0v) is 11.8. The molecule has 1 rings (SSSR count). The highest BCUT2D eigenvalue weighted by Crippen LogP contribution is 2.19. The minimum atomic E-state index is -0.184. The Morgan fingerprint density at radius 1 is 1.53 bits per heavy atom. The van der Waals surface area contributed by atoms with Gasteiger partial charge in [0.25, 0.3) is 0 Å². The van der Waals surface area contributed by atoms with Gasteiger partial charge in [0, 0.05) is 6.42 Å². The third-order valence-electron chi connectivity index (χ3n) is 2.72. The van der Waals surface area contributed by atoms with Gasteiger partial charge in [-0.1, -0.05) is 41.1 Å². The van der Waals surface area contributed by atoms with Crippen molar-refractivity contribution >= 4 is 21.7 Å². The zero-order chi connectivity index (χ0) is 12.8. The van der Waals surface area contributed by atoms with Crippen molar-refractivity contribution < 1.29 is 4.79 Å². The number of carbonyl (C=O) groups excluding carboxylic acids is 1. The maximum Gasteiger partial charge on any atom is 0.146 e. The summed E-state index contributed by atoms with van der Waals surface area (Å²) in [5.41, 5.74) is 2.60. The number of benzene rings is 1. The lowest BCUT2D eigenvalue weighted by Crippen LogP contribution is -2.17. The lowest BCUT2D eigenvalue weighted by molar-refractivity contribution is -0.118. The van der Waals surface area contributed by atoms with Gasteiger partial charge in [0.2, 0.25) is 0 Å². The van der Waals surface area contributed by atoms with E-state index < -0.39 is 0 Å². The van der Waals surface area contributed by atoms with Crippen molar-refractivity contribution in [3.8, 4) is 6.07 Å². The average Bonchev–Trinajstić information content (AvgIpc) is 2.29. The number of hydrogen-bond donors (Lipinski definition) is 0. The molecule has 0 radical (unpaired) electrons. The van der Waals surface area contributed by atoms with Crippen LogP contribution in [0.25, 0.3) is 0 Å². The van der Waals surface area contributed by atoms with Gasteiger partial charge in [-0.15, -0.1) is 0 Å². The van der Waals surface area contributed by atoms with Crippen molar-refractivity contribution in [3.63, 3.8) is 0 Å². The molecule has 17 heavy (non-hydrogen) atoms. The van der Waals surface area contributed by atoms with E-state index in [0.29, 0.717) is 18.4 Å². The molecule has 2 nitrogen and oxygen atoms in total. The van der Waals surface area contributed by atoms with E-state index in [0.717, 1.165) is 17.5 Å². The molecule has 0 saturated carbocycles. The van der Waals surface area contributed by atoms with Gasteiger partial charge in [0.15, 0.2) is 0 Å². The highest BCUT2D eigenvalue weighted by Gasteiger charge is 2.16. The first kappa shape index (κ1) is 13.9. The molecule has 0 spiro atoms. The van der Waals surface area contributed by atoms with Crippen molar-refractivity contribution in [3.05, 3.63) is 34.9 Å². The Hall–Kier alpha value is -1.14. The summed E-state index contributed by atoms with van der Waals surface area (Å²) >= 11 is 3.41. The summed E-state index contributed by atoms with van der Waals surface area (Å²) in [5, 5.41) is 9.10. The number of aryl methyl sites for hydroxylation is 1. The van der Waals surface area contributed by atoms with Crippen LogP contribution in [0.3, 0.4) is 0 Å². The monoisotopic (exact) mass is 293 g/mol. The van der Waals surface area contributed by atoms with Crippen LogP contribution in [0.2, 0.25) is 0 Å². The molecular weight excluding hydrogens is 278 g/mol. The van der Waals surface area contributed by atoms with E-state index in [1.807, 2.05) is 32.0 Å². The molecule has 0 amide bonds. The number of carbonyl (C=O) groups is 1. The molecule has 3 heteroatoms. The van der Waals surface area contributed by atoms with E-state index >= 15 is 0 Å². The third kappa shape index (κ3) is 3.67. The number of ketones is 1. The molecule has 0 bridgehead atoms. The first-order valence-corrected chi connectivity index (χ1v) is 6.67. The van der Waals surface area contributed by atoms with E-state index in [-0.39, 0.29) is 10.6 Å². The summed E-state index contributed by atoms with van der Waals surface area (Å²) in [7, 11) is 0.